The van der Waals surface area contributed by atoms with Gasteiger partial charge in [-0.1, -0.05) is 42.5 Å². The molecule has 1 amide bonds. The highest BCUT2D eigenvalue weighted by molar-refractivity contribution is 5.77. The smallest absolute Gasteiger partial charge is 0.222 e. The number of piperidine rings is 1. The number of carbonyl (C=O) groups excluding carboxylic acids is 1. The fourth-order valence-corrected chi connectivity index (χ4v) is 4.01. The fraction of sp³-hybridized carbons (Fsp3) is 0.417. The number of nitrogens with one attached hydrogen (secondary N) is 1. The third kappa shape index (κ3) is 5.24. The number of rotatable bonds is 8. The summed E-state index contributed by atoms with van der Waals surface area (Å²) < 4.78 is 5.71. The number of carbonyl (C=O) groups is 1. The summed E-state index contributed by atoms with van der Waals surface area (Å²) >= 11 is 0. The summed E-state index contributed by atoms with van der Waals surface area (Å²) in [6, 6.07) is 18.4. The molecule has 0 saturated carbocycles. The van der Waals surface area contributed by atoms with Crippen molar-refractivity contribution in [1.29, 1.82) is 0 Å². The molecule has 5 nitrogen and oxygen atoms in total. The van der Waals surface area contributed by atoms with E-state index >= 15 is 0 Å². The highest BCUT2D eigenvalue weighted by atomic mass is 16.5. The number of hydrogen-bond acceptors (Lipinski definition) is 3. The summed E-state index contributed by atoms with van der Waals surface area (Å²) in [5, 5.41) is 0. The molecule has 1 atom stereocenters. The first-order chi connectivity index (χ1) is 14.3. The third-order valence-corrected chi connectivity index (χ3v) is 5.63. The topological polar surface area (TPSA) is 58.2 Å². The summed E-state index contributed by atoms with van der Waals surface area (Å²) in [4.78, 5) is 22.8. The number of likely N-dealkylation sites (tertiary alicyclic amines) is 1. The number of H-pyrrole nitrogens is 1. The van der Waals surface area contributed by atoms with Gasteiger partial charge in [-0.05, 0) is 43.4 Å². The minimum Gasteiger partial charge on any atom is -0.381 e. The Labute approximate surface area is 172 Å². The van der Waals surface area contributed by atoms with Crippen molar-refractivity contribution in [2.75, 3.05) is 26.3 Å². The molecule has 0 bridgehead atoms. The van der Waals surface area contributed by atoms with Gasteiger partial charge in [0, 0.05) is 32.0 Å². The molecule has 1 N–H and O–H groups in total. The second-order valence-corrected chi connectivity index (χ2v) is 7.77. The van der Waals surface area contributed by atoms with E-state index in [-0.39, 0.29) is 5.91 Å². The molecule has 0 spiro atoms. The standard InChI is InChI=1S/C24H29N3O2/c28-23(13-7-16-29-17-14-19-8-2-1-3-9-19)27-15-6-10-20(18-27)24-25-21-11-4-5-12-22(21)26-24/h1-5,8-9,11-12,20H,6-7,10,13-18H2,(H,25,26). The zero-order chi connectivity index (χ0) is 19.9. The van der Waals surface area contributed by atoms with Gasteiger partial charge in [-0.3, -0.25) is 4.79 Å². The van der Waals surface area contributed by atoms with Gasteiger partial charge in [-0.15, -0.1) is 0 Å². The molecule has 5 heteroatoms. The lowest BCUT2D eigenvalue weighted by Gasteiger charge is -2.32. The highest BCUT2D eigenvalue weighted by Crippen LogP contribution is 2.27. The maximum Gasteiger partial charge on any atom is 0.222 e. The molecule has 3 aromatic rings. The average Bonchev–Trinajstić information content (AvgIpc) is 3.21. The number of aromatic amines is 1. The normalized spacial score (nSPS) is 17.0. The SMILES string of the molecule is O=C(CCCOCCc1ccccc1)N1CCCC(c2nc3ccccc3[nH]2)C1. The molecule has 0 aliphatic carbocycles. The van der Waals surface area contributed by atoms with E-state index in [1.807, 2.05) is 41.3 Å². The van der Waals surface area contributed by atoms with Crippen LogP contribution in [0.15, 0.2) is 54.6 Å². The van der Waals surface area contributed by atoms with E-state index in [0.29, 0.717) is 25.6 Å². The molecule has 1 fully saturated rings. The van der Waals surface area contributed by atoms with Crippen LogP contribution in [-0.2, 0) is 16.0 Å². The molecule has 2 heterocycles. The highest BCUT2D eigenvalue weighted by Gasteiger charge is 2.26. The number of ether oxygens (including phenoxy) is 1. The predicted molar refractivity (Wildman–Crippen MR) is 115 cm³/mol. The number of para-hydroxylation sites is 2. The van der Waals surface area contributed by atoms with Gasteiger partial charge in [0.2, 0.25) is 5.91 Å². The Morgan fingerprint density at radius 3 is 2.79 bits per heavy atom. The molecule has 2 aromatic carbocycles. The van der Waals surface area contributed by atoms with Crippen molar-refractivity contribution >= 4 is 16.9 Å². The molecular weight excluding hydrogens is 362 g/mol. The van der Waals surface area contributed by atoms with Crippen LogP contribution in [0.1, 0.15) is 43.0 Å². The van der Waals surface area contributed by atoms with E-state index in [0.717, 1.165) is 55.6 Å². The van der Waals surface area contributed by atoms with Gasteiger partial charge in [0.1, 0.15) is 5.82 Å². The molecule has 1 saturated heterocycles. The molecule has 0 radical (unpaired) electrons. The lowest BCUT2D eigenvalue weighted by Crippen LogP contribution is -2.39. The van der Waals surface area contributed by atoms with Crippen molar-refractivity contribution in [3.63, 3.8) is 0 Å². The summed E-state index contributed by atoms with van der Waals surface area (Å²) in [6.07, 6.45) is 4.35. The van der Waals surface area contributed by atoms with E-state index in [9.17, 15) is 4.79 Å². The van der Waals surface area contributed by atoms with Crippen LogP contribution in [0.3, 0.4) is 0 Å². The molecule has 1 aliphatic heterocycles. The number of fused-ring (bicyclic) bond motifs is 1. The zero-order valence-corrected chi connectivity index (χ0v) is 16.8. The van der Waals surface area contributed by atoms with E-state index in [1.165, 1.54) is 5.56 Å². The maximum atomic E-state index is 12.6. The predicted octanol–water partition coefficient (Wildman–Crippen LogP) is 4.31. The van der Waals surface area contributed by atoms with E-state index in [2.05, 4.69) is 23.2 Å². The third-order valence-electron chi connectivity index (χ3n) is 5.63. The van der Waals surface area contributed by atoms with Crippen LogP contribution in [0.4, 0.5) is 0 Å². The van der Waals surface area contributed by atoms with Crippen LogP contribution in [0.25, 0.3) is 11.0 Å². The monoisotopic (exact) mass is 391 g/mol. The minimum absolute atomic E-state index is 0.234. The molecule has 1 aliphatic rings. The van der Waals surface area contributed by atoms with Crippen molar-refractivity contribution in [1.82, 2.24) is 14.9 Å². The molecule has 29 heavy (non-hydrogen) atoms. The van der Waals surface area contributed by atoms with E-state index in [4.69, 9.17) is 9.72 Å². The number of amides is 1. The van der Waals surface area contributed by atoms with Crippen molar-refractivity contribution in [2.24, 2.45) is 0 Å². The van der Waals surface area contributed by atoms with Gasteiger partial charge < -0.3 is 14.6 Å². The number of imidazole rings is 1. The fourth-order valence-electron chi connectivity index (χ4n) is 4.01. The largest absolute Gasteiger partial charge is 0.381 e. The summed E-state index contributed by atoms with van der Waals surface area (Å²) in [7, 11) is 0. The Kier molecular flexibility index (Phi) is 6.57. The van der Waals surface area contributed by atoms with Crippen molar-refractivity contribution in [3.05, 3.63) is 66.0 Å². The Balaban J connectivity index is 1.19. The van der Waals surface area contributed by atoms with E-state index < -0.39 is 0 Å². The first-order valence-corrected chi connectivity index (χ1v) is 10.6. The summed E-state index contributed by atoms with van der Waals surface area (Å²) in [5.74, 6) is 1.53. The first-order valence-electron chi connectivity index (χ1n) is 10.6. The van der Waals surface area contributed by atoms with Gasteiger partial charge in [0.05, 0.1) is 17.6 Å². The second kappa shape index (κ2) is 9.70. The van der Waals surface area contributed by atoms with Crippen LogP contribution in [0, 0.1) is 0 Å². The second-order valence-electron chi connectivity index (χ2n) is 7.77. The minimum atomic E-state index is 0.234. The molecular formula is C24H29N3O2. The first kappa shape index (κ1) is 19.6. The van der Waals surface area contributed by atoms with Gasteiger partial charge in [0.15, 0.2) is 0 Å². The van der Waals surface area contributed by atoms with Gasteiger partial charge in [-0.25, -0.2) is 4.98 Å². The lowest BCUT2D eigenvalue weighted by atomic mass is 9.97. The van der Waals surface area contributed by atoms with Crippen molar-refractivity contribution in [2.45, 2.75) is 38.0 Å². The quantitative estimate of drug-likeness (QED) is 0.582. The number of benzene rings is 2. The Morgan fingerprint density at radius 2 is 1.93 bits per heavy atom. The van der Waals surface area contributed by atoms with Crippen molar-refractivity contribution < 1.29 is 9.53 Å². The number of nitrogens with zero attached hydrogens (tertiary/aromatic N) is 2. The van der Waals surface area contributed by atoms with Crippen LogP contribution in [0.2, 0.25) is 0 Å². The maximum absolute atomic E-state index is 12.6. The van der Waals surface area contributed by atoms with Crippen molar-refractivity contribution in [3.8, 4) is 0 Å². The molecule has 1 aromatic heterocycles. The average molecular weight is 392 g/mol. The van der Waals surface area contributed by atoms with E-state index in [1.54, 1.807) is 0 Å². The Morgan fingerprint density at radius 1 is 1.10 bits per heavy atom. The summed E-state index contributed by atoms with van der Waals surface area (Å²) in [5.41, 5.74) is 3.35. The van der Waals surface area contributed by atoms with Gasteiger partial charge >= 0.3 is 0 Å². The molecule has 152 valence electrons. The molecule has 4 rings (SSSR count). The van der Waals surface area contributed by atoms with Crippen LogP contribution in [-0.4, -0.2) is 47.1 Å². The van der Waals surface area contributed by atoms with Gasteiger partial charge in [0.25, 0.3) is 0 Å². The Hall–Kier alpha value is -2.66. The van der Waals surface area contributed by atoms with Crippen LogP contribution in [0.5, 0.6) is 0 Å². The number of hydrogen-bond donors (Lipinski definition) is 1. The zero-order valence-electron chi connectivity index (χ0n) is 16.8. The Bertz CT molecular complexity index is 889. The summed E-state index contributed by atoms with van der Waals surface area (Å²) in [6.45, 7) is 2.95. The number of aromatic nitrogens is 2. The molecule has 1 unspecified atom stereocenters. The van der Waals surface area contributed by atoms with Crippen LogP contribution >= 0.6 is 0 Å². The van der Waals surface area contributed by atoms with Crippen LogP contribution < -0.4 is 0 Å². The lowest BCUT2D eigenvalue weighted by molar-refractivity contribution is -0.132. The van der Waals surface area contributed by atoms with Gasteiger partial charge in [-0.2, -0.15) is 0 Å².